The monoisotopic (exact) mass is 366 g/mol. The first-order valence-electron chi connectivity index (χ1n) is 7.96. The zero-order chi connectivity index (χ0) is 18.3. The average molecular weight is 366 g/mol. The summed E-state index contributed by atoms with van der Waals surface area (Å²) in [6.07, 6.45) is 1.60. The predicted molar refractivity (Wildman–Crippen MR) is 97.3 cm³/mol. The van der Waals surface area contributed by atoms with Crippen molar-refractivity contribution in [3.63, 3.8) is 0 Å². The number of nitrogens with zero attached hydrogens (tertiary/aromatic N) is 2. The van der Waals surface area contributed by atoms with Gasteiger partial charge in [-0.3, -0.25) is 0 Å². The second kappa shape index (κ2) is 6.23. The first-order valence-corrected chi connectivity index (χ1v) is 8.37. The first kappa shape index (κ1) is 16.2. The summed E-state index contributed by atoms with van der Waals surface area (Å²) in [4.78, 5) is 26.7. The minimum atomic E-state index is -0.513. The number of para-hydroxylation sites is 1. The van der Waals surface area contributed by atoms with Crippen molar-refractivity contribution >= 4 is 30.0 Å². The average Bonchev–Trinajstić information content (AvgIpc) is 3.15. The fraction of sp³-hybridized carbons (Fsp3) is 0.111. The number of esters is 1. The molecular formula is C18H14N4O3S. The van der Waals surface area contributed by atoms with Gasteiger partial charge in [0.1, 0.15) is 11.4 Å². The van der Waals surface area contributed by atoms with Gasteiger partial charge in [0, 0.05) is 11.1 Å². The van der Waals surface area contributed by atoms with Crippen molar-refractivity contribution in [3.8, 4) is 17.0 Å². The molecule has 1 aliphatic rings. The van der Waals surface area contributed by atoms with E-state index in [4.69, 9.17) is 17.0 Å². The smallest absolute Gasteiger partial charge is 0.356 e. The van der Waals surface area contributed by atoms with Crippen LogP contribution in [0.5, 0.6) is 5.88 Å². The minimum absolute atomic E-state index is 0.109. The number of nitrogens with one attached hydrogen (secondary N) is 2. The summed E-state index contributed by atoms with van der Waals surface area (Å²) in [6.45, 7) is 1.99. The molecule has 26 heavy (non-hydrogen) atoms. The van der Waals surface area contributed by atoms with Gasteiger partial charge in [-0.05, 0) is 37.4 Å². The van der Waals surface area contributed by atoms with E-state index in [1.54, 1.807) is 19.1 Å². The highest BCUT2D eigenvalue weighted by molar-refractivity contribution is 7.71. The summed E-state index contributed by atoms with van der Waals surface area (Å²) >= 11 is 4.99. The maximum Gasteiger partial charge on any atom is 0.356 e. The fourth-order valence-electron chi connectivity index (χ4n) is 2.84. The molecule has 3 aromatic rings. The van der Waals surface area contributed by atoms with Gasteiger partial charge >= 0.3 is 5.97 Å². The van der Waals surface area contributed by atoms with Crippen LogP contribution >= 0.6 is 12.2 Å². The van der Waals surface area contributed by atoms with E-state index in [0.717, 1.165) is 16.8 Å². The summed E-state index contributed by atoms with van der Waals surface area (Å²) in [6, 6.07) is 9.31. The summed E-state index contributed by atoms with van der Waals surface area (Å²) in [5.74, 6) is -0.622. The van der Waals surface area contributed by atoms with E-state index in [2.05, 4.69) is 19.9 Å². The highest BCUT2D eigenvalue weighted by Crippen LogP contribution is 2.31. The molecule has 0 amide bonds. The lowest BCUT2D eigenvalue weighted by molar-refractivity contribution is 0.0519. The zero-order valence-corrected chi connectivity index (χ0v) is 14.6. The SMILES string of the molecule is CCOC(=O)c1cc2c(/c(=C\c3[nH]c(=S)[nH]c3O)n1)=Nc1ccccc1-2. The Hall–Kier alpha value is -3.26. The Kier molecular flexibility index (Phi) is 3.89. The predicted octanol–water partition coefficient (Wildman–Crippen LogP) is 2.11. The van der Waals surface area contributed by atoms with E-state index in [0.29, 0.717) is 16.4 Å². The molecule has 0 fully saturated rings. The van der Waals surface area contributed by atoms with Gasteiger partial charge in [-0.25, -0.2) is 14.8 Å². The van der Waals surface area contributed by atoms with Crippen LogP contribution in [0.3, 0.4) is 0 Å². The number of ether oxygens (including phenoxy) is 1. The fourth-order valence-corrected chi connectivity index (χ4v) is 3.05. The Morgan fingerprint density at radius 2 is 2.12 bits per heavy atom. The van der Waals surface area contributed by atoms with Gasteiger partial charge < -0.3 is 19.8 Å². The van der Waals surface area contributed by atoms with Crippen LogP contribution < -0.4 is 10.7 Å². The molecule has 7 nitrogen and oxygen atoms in total. The van der Waals surface area contributed by atoms with Crippen molar-refractivity contribution in [3.05, 3.63) is 57.2 Å². The van der Waals surface area contributed by atoms with Crippen LogP contribution in [0.4, 0.5) is 5.69 Å². The Labute approximate surface area is 152 Å². The number of carbonyl (C=O) groups excluding carboxylic acids is 1. The van der Waals surface area contributed by atoms with Crippen LogP contribution in [0.15, 0.2) is 35.3 Å². The first-order chi connectivity index (χ1) is 12.6. The van der Waals surface area contributed by atoms with Crippen molar-refractivity contribution in [2.24, 2.45) is 4.99 Å². The molecule has 0 saturated carbocycles. The third-order valence-electron chi connectivity index (χ3n) is 3.95. The molecular weight excluding hydrogens is 352 g/mol. The summed E-state index contributed by atoms with van der Waals surface area (Å²) < 4.78 is 5.37. The van der Waals surface area contributed by atoms with Gasteiger partial charge in [0.15, 0.2) is 4.77 Å². The van der Waals surface area contributed by atoms with E-state index in [1.165, 1.54) is 0 Å². The number of aromatic nitrogens is 3. The second-order valence-corrected chi connectivity index (χ2v) is 6.03. The van der Waals surface area contributed by atoms with Crippen LogP contribution in [0, 0.1) is 4.77 Å². The van der Waals surface area contributed by atoms with E-state index >= 15 is 0 Å². The van der Waals surface area contributed by atoms with Crippen molar-refractivity contribution in [1.29, 1.82) is 0 Å². The zero-order valence-electron chi connectivity index (χ0n) is 13.7. The lowest BCUT2D eigenvalue weighted by atomic mass is 10.1. The van der Waals surface area contributed by atoms with Crippen LogP contribution in [0.25, 0.3) is 17.2 Å². The molecule has 0 unspecified atom stereocenters. The van der Waals surface area contributed by atoms with Gasteiger partial charge in [0.25, 0.3) is 0 Å². The molecule has 0 saturated heterocycles. The van der Waals surface area contributed by atoms with Crippen LogP contribution in [0.2, 0.25) is 0 Å². The lowest BCUT2D eigenvalue weighted by Gasteiger charge is -2.04. The molecule has 2 aromatic heterocycles. The van der Waals surface area contributed by atoms with Crippen molar-refractivity contribution in [2.75, 3.05) is 6.61 Å². The molecule has 1 aromatic carbocycles. The van der Waals surface area contributed by atoms with Crippen LogP contribution in [-0.2, 0) is 4.74 Å². The standard InChI is InChI=1S/C18H14N4O3S/c1-2-25-17(24)14-7-10-9-5-3-4-6-11(9)20-15(10)12(19-14)8-13-16(23)22-18(26)21-13/h3-8,23H,2H2,1H3,(H2,21,22,26)/b12-8+. The molecule has 8 heteroatoms. The highest BCUT2D eigenvalue weighted by atomic mass is 32.1. The maximum absolute atomic E-state index is 12.2. The number of hydrogen-bond acceptors (Lipinski definition) is 6. The lowest BCUT2D eigenvalue weighted by Crippen LogP contribution is -2.31. The quantitative estimate of drug-likeness (QED) is 0.381. The molecule has 0 radical (unpaired) electrons. The molecule has 0 aliphatic carbocycles. The molecule has 0 atom stereocenters. The Bertz CT molecular complexity index is 1210. The van der Waals surface area contributed by atoms with Crippen LogP contribution in [0.1, 0.15) is 23.1 Å². The normalized spacial score (nSPS) is 12.4. The number of aromatic hydroxyl groups is 1. The van der Waals surface area contributed by atoms with E-state index < -0.39 is 5.97 Å². The Morgan fingerprint density at radius 3 is 2.85 bits per heavy atom. The third kappa shape index (κ3) is 2.70. The van der Waals surface area contributed by atoms with E-state index in [1.807, 2.05) is 24.3 Å². The molecule has 4 rings (SSSR count). The number of hydrogen-bond donors (Lipinski definition) is 3. The highest BCUT2D eigenvalue weighted by Gasteiger charge is 2.19. The number of pyridine rings is 1. The van der Waals surface area contributed by atoms with Crippen LogP contribution in [-0.4, -0.2) is 32.6 Å². The van der Waals surface area contributed by atoms with Crippen molar-refractivity contribution in [2.45, 2.75) is 6.92 Å². The van der Waals surface area contributed by atoms with Gasteiger partial charge in [0.05, 0.1) is 23.0 Å². The largest absolute Gasteiger partial charge is 0.493 e. The van der Waals surface area contributed by atoms with Gasteiger partial charge in [-0.15, -0.1) is 0 Å². The topological polar surface area (TPSA) is 103 Å². The maximum atomic E-state index is 12.2. The molecule has 3 N–H and O–H groups in total. The molecule has 3 heterocycles. The number of fused-ring (bicyclic) bond motifs is 3. The van der Waals surface area contributed by atoms with Gasteiger partial charge in [0.2, 0.25) is 5.88 Å². The summed E-state index contributed by atoms with van der Waals surface area (Å²) in [5.41, 5.74) is 3.04. The number of benzene rings is 1. The van der Waals surface area contributed by atoms with Gasteiger partial charge in [-0.2, -0.15) is 0 Å². The van der Waals surface area contributed by atoms with E-state index in [-0.39, 0.29) is 23.0 Å². The van der Waals surface area contributed by atoms with Gasteiger partial charge in [-0.1, -0.05) is 18.2 Å². The third-order valence-corrected chi connectivity index (χ3v) is 4.15. The number of imidazole rings is 1. The summed E-state index contributed by atoms with van der Waals surface area (Å²) in [7, 11) is 0. The Balaban J connectivity index is 2.02. The van der Waals surface area contributed by atoms with E-state index in [9.17, 15) is 9.90 Å². The number of rotatable bonds is 3. The second-order valence-electron chi connectivity index (χ2n) is 5.62. The molecule has 0 spiro atoms. The molecule has 130 valence electrons. The number of carbonyl (C=O) groups is 1. The summed E-state index contributed by atoms with van der Waals surface area (Å²) in [5, 5.41) is 11.0. The number of H-pyrrole nitrogens is 2. The van der Waals surface area contributed by atoms with Crippen molar-refractivity contribution < 1.29 is 14.6 Å². The molecule has 1 aliphatic heterocycles. The van der Waals surface area contributed by atoms with Crippen molar-refractivity contribution in [1.82, 2.24) is 15.0 Å². The molecule has 0 bridgehead atoms. The number of aromatic amines is 2. The minimum Gasteiger partial charge on any atom is -0.493 e. The Morgan fingerprint density at radius 1 is 1.31 bits per heavy atom.